The standard InChI is InChI=1S/C9H16O2/c1-9(2,3)8(10)4-7-5-11-6-7/h7H,4-6H2,1-3H3. The predicted molar refractivity (Wildman–Crippen MR) is 43.4 cm³/mol. The maximum atomic E-state index is 11.4. The van der Waals surface area contributed by atoms with Gasteiger partial charge in [0, 0.05) is 17.8 Å². The Morgan fingerprint density at radius 3 is 2.27 bits per heavy atom. The van der Waals surface area contributed by atoms with E-state index in [9.17, 15) is 4.79 Å². The lowest BCUT2D eigenvalue weighted by atomic mass is 9.85. The average Bonchev–Trinajstić information content (AvgIpc) is 1.75. The molecule has 0 spiro atoms. The second-order valence-corrected chi connectivity index (χ2v) is 4.28. The van der Waals surface area contributed by atoms with Crippen LogP contribution in [0, 0.1) is 11.3 Å². The van der Waals surface area contributed by atoms with Crippen molar-refractivity contribution in [3.63, 3.8) is 0 Å². The topological polar surface area (TPSA) is 26.3 Å². The largest absolute Gasteiger partial charge is 0.381 e. The van der Waals surface area contributed by atoms with Crippen LogP contribution in [0.15, 0.2) is 0 Å². The summed E-state index contributed by atoms with van der Waals surface area (Å²) in [5.41, 5.74) is -0.171. The Morgan fingerprint density at radius 2 is 2.00 bits per heavy atom. The summed E-state index contributed by atoms with van der Waals surface area (Å²) in [7, 11) is 0. The second kappa shape index (κ2) is 2.94. The zero-order chi connectivity index (χ0) is 8.48. The van der Waals surface area contributed by atoms with Crippen molar-refractivity contribution in [2.45, 2.75) is 27.2 Å². The number of rotatable bonds is 2. The van der Waals surface area contributed by atoms with Gasteiger partial charge in [-0.05, 0) is 0 Å². The van der Waals surface area contributed by atoms with Gasteiger partial charge in [-0.2, -0.15) is 0 Å². The van der Waals surface area contributed by atoms with E-state index in [4.69, 9.17) is 4.74 Å². The minimum atomic E-state index is -0.171. The molecule has 0 unspecified atom stereocenters. The van der Waals surface area contributed by atoms with Crippen LogP contribution >= 0.6 is 0 Å². The fourth-order valence-corrected chi connectivity index (χ4v) is 0.971. The highest BCUT2D eigenvalue weighted by molar-refractivity contribution is 5.83. The lowest BCUT2D eigenvalue weighted by Crippen LogP contribution is -2.33. The van der Waals surface area contributed by atoms with Gasteiger partial charge in [0.2, 0.25) is 0 Å². The van der Waals surface area contributed by atoms with Gasteiger partial charge in [-0.1, -0.05) is 20.8 Å². The molecule has 0 N–H and O–H groups in total. The molecule has 64 valence electrons. The molecule has 0 aromatic carbocycles. The maximum absolute atomic E-state index is 11.4. The van der Waals surface area contributed by atoms with E-state index in [1.807, 2.05) is 20.8 Å². The third-order valence-corrected chi connectivity index (χ3v) is 2.02. The minimum Gasteiger partial charge on any atom is -0.381 e. The van der Waals surface area contributed by atoms with Gasteiger partial charge in [-0.3, -0.25) is 4.79 Å². The van der Waals surface area contributed by atoms with Crippen LogP contribution in [0.25, 0.3) is 0 Å². The summed E-state index contributed by atoms with van der Waals surface area (Å²) in [4.78, 5) is 11.4. The quantitative estimate of drug-likeness (QED) is 0.607. The molecule has 0 radical (unpaired) electrons. The summed E-state index contributed by atoms with van der Waals surface area (Å²) in [5, 5.41) is 0. The molecule has 0 saturated carbocycles. The molecule has 1 rings (SSSR count). The Labute approximate surface area is 67.9 Å². The molecule has 1 saturated heterocycles. The number of Topliss-reactive ketones (excluding diaryl/α,β-unsaturated/α-hetero) is 1. The van der Waals surface area contributed by atoms with E-state index in [0.29, 0.717) is 18.1 Å². The fourth-order valence-electron chi connectivity index (χ4n) is 0.971. The summed E-state index contributed by atoms with van der Waals surface area (Å²) in [6.45, 7) is 7.46. The van der Waals surface area contributed by atoms with Gasteiger partial charge < -0.3 is 4.74 Å². The Kier molecular flexibility index (Phi) is 2.33. The molecule has 1 fully saturated rings. The first kappa shape index (κ1) is 8.72. The van der Waals surface area contributed by atoms with Crippen LogP contribution in [0.4, 0.5) is 0 Å². The van der Waals surface area contributed by atoms with Crippen molar-refractivity contribution in [3.05, 3.63) is 0 Å². The molecule has 2 nitrogen and oxygen atoms in total. The van der Waals surface area contributed by atoms with Crippen molar-refractivity contribution in [1.29, 1.82) is 0 Å². The lowest BCUT2D eigenvalue weighted by molar-refractivity contribution is -0.131. The third kappa shape index (κ3) is 2.29. The number of ether oxygens (including phenoxy) is 1. The van der Waals surface area contributed by atoms with Crippen molar-refractivity contribution in [3.8, 4) is 0 Å². The van der Waals surface area contributed by atoms with E-state index in [1.54, 1.807) is 0 Å². The van der Waals surface area contributed by atoms with E-state index in [-0.39, 0.29) is 5.41 Å². The molecule has 0 atom stereocenters. The van der Waals surface area contributed by atoms with Crippen molar-refractivity contribution < 1.29 is 9.53 Å². The van der Waals surface area contributed by atoms with Gasteiger partial charge >= 0.3 is 0 Å². The van der Waals surface area contributed by atoms with Crippen molar-refractivity contribution >= 4 is 5.78 Å². The molecular formula is C9H16O2. The molecule has 0 aromatic heterocycles. The fraction of sp³-hybridized carbons (Fsp3) is 0.889. The molecule has 0 aliphatic carbocycles. The molecule has 0 aromatic rings. The van der Waals surface area contributed by atoms with Crippen molar-refractivity contribution in [2.24, 2.45) is 11.3 Å². The van der Waals surface area contributed by atoms with Gasteiger partial charge in [0.1, 0.15) is 5.78 Å². The van der Waals surface area contributed by atoms with Crippen LogP contribution < -0.4 is 0 Å². The highest BCUT2D eigenvalue weighted by Crippen LogP contribution is 2.23. The second-order valence-electron chi connectivity index (χ2n) is 4.28. The molecule has 0 bridgehead atoms. The highest BCUT2D eigenvalue weighted by Gasteiger charge is 2.27. The number of hydrogen-bond acceptors (Lipinski definition) is 2. The third-order valence-electron chi connectivity index (χ3n) is 2.02. The Morgan fingerprint density at radius 1 is 1.45 bits per heavy atom. The summed E-state index contributed by atoms with van der Waals surface area (Å²) < 4.78 is 5.00. The normalized spacial score (nSPS) is 19.5. The van der Waals surface area contributed by atoms with Crippen LogP contribution in [0.2, 0.25) is 0 Å². The highest BCUT2D eigenvalue weighted by atomic mass is 16.5. The van der Waals surface area contributed by atoms with E-state index < -0.39 is 0 Å². The first-order valence-electron chi connectivity index (χ1n) is 4.11. The van der Waals surface area contributed by atoms with Gasteiger partial charge in [0.05, 0.1) is 13.2 Å². The van der Waals surface area contributed by atoms with Crippen molar-refractivity contribution in [2.75, 3.05) is 13.2 Å². The molecule has 1 heterocycles. The monoisotopic (exact) mass is 156 g/mol. The lowest BCUT2D eigenvalue weighted by Gasteiger charge is -2.28. The first-order valence-corrected chi connectivity index (χ1v) is 4.11. The summed E-state index contributed by atoms with van der Waals surface area (Å²) in [6, 6.07) is 0. The Hall–Kier alpha value is -0.370. The summed E-state index contributed by atoms with van der Waals surface area (Å²) in [5.74, 6) is 0.854. The minimum absolute atomic E-state index is 0.171. The van der Waals surface area contributed by atoms with Crippen molar-refractivity contribution in [1.82, 2.24) is 0 Å². The van der Waals surface area contributed by atoms with Crippen LogP contribution in [-0.4, -0.2) is 19.0 Å². The zero-order valence-corrected chi connectivity index (χ0v) is 7.52. The van der Waals surface area contributed by atoms with Crippen LogP contribution in [-0.2, 0) is 9.53 Å². The van der Waals surface area contributed by atoms with E-state index in [1.165, 1.54) is 0 Å². The summed E-state index contributed by atoms with van der Waals surface area (Å²) in [6.07, 6.45) is 0.698. The van der Waals surface area contributed by atoms with E-state index in [0.717, 1.165) is 13.2 Å². The van der Waals surface area contributed by atoms with E-state index in [2.05, 4.69) is 0 Å². The predicted octanol–water partition coefficient (Wildman–Crippen LogP) is 1.64. The van der Waals surface area contributed by atoms with Crippen LogP contribution in [0.5, 0.6) is 0 Å². The summed E-state index contributed by atoms with van der Waals surface area (Å²) >= 11 is 0. The molecular weight excluding hydrogens is 140 g/mol. The number of ketones is 1. The van der Waals surface area contributed by atoms with Gasteiger partial charge in [0.15, 0.2) is 0 Å². The van der Waals surface area contributed by atoms with Gasteiger partial charge in [-0.15, -0.1) is 0 Å². The Balaban J connectivity index is 2.30. The van der Waals surface area contributed by atoms with E-state index >= 15 is 0 Å². The Bertz CT molecular complexity index is 151. The van der Waals surface area contributed by atoms with Gasteiger partial charge in [0.25, 0.3) is 0 Å². The molecule has 1 aliphatic heterocycles. The maximum Gasteiger partial charge on any atom is 0.138 e. The zero-order valence-electron chi connectivity index (χ0n) is 7.52. The number of hydrogen-bond donors (Lipinski definition) is 0. The van der Waals surface area contributed by atoms with Gasteiger partial charge in [-0.25, -0.2) is 0 Å². The molecule has 2 heteroatoms. The van der Waals surface area contributed by atoms with Crippen LogP contribution in [0.3, 0.4) is 0 Å². The number of carbonyl (C=O) groups excluding carboxylic acids is 1. The van der Waals surface area contributed by atoms with Crippen LogP contribution in [0.1, 0.15) is 27.2 Å². The first-order chi connectivity index (χ1) is 5.00. The average molecular weight is 156 g/mol. The molecule has 0 amide bonds. The smallest absolute Gasteiger partial charge is 0.138 e. The SMILES string of the molecule is CC(C)(C)C(=O)CC1COC1. The molecule has 11 heavy (non-hydrogen) atoms. The molecule has 1 aliphatic rings. The number of carbonyl (C=O) groups is 1.